The number of sulfonamides is 1. The second-order valence-corrected chi connectivity index (χ2v) is 10.4. The van der Waals surface area contributed by atoms with Crippen LogP contribution in [-0.2, 0) is 14.8 Å². The lowest BCUT2D eigenvalue weighted by Crippen LogP contribution is -2.52. The van der Waals surface area contributed by atoms with Gasteiger partial charge in [-0.1, -0.05) is 24.3 Å². The molecule has 0 unspecified atom stereocenters. The van der Waals surface area contributed by atoms with Crippen LogP contribution in [0.25, 0.3) is 0 Å². The molecule has 0 saturated heterocycles. The Morgan fingerprint density at radius 2 is 1.90 bits per heavy atom. The minimum atomic E-state index is -3.57. The molecule has 1 amide bonds. The maximum absolute atomic E-state index is 13.1. The highest BCUT2D eigenvalue weighted by Gasteiger charge is 2.39. The number of aryl methyl sites for hydroxylation is 1. The van der Waals surface area contributed by atoms with Crippen LogP contribution in [0.4, 0.5) is 5.69 Å². The summed E-state index contributed by atoms with van der Waals surface area (Å²) in [6.07, 6.45) is 0.776. The molecule has 0 radical (unpaired) electrons. The number of carbonyl (C=O) groups excluding carboxylic acids is 1. The van der Waals surface area contributed by atoms with E-state index in [4.69, 9.17) is 9.47 Å². The van der Waals surface area contributed by atoms with Crippen LogP contribution in [0.15, 0.2) is 42.5 Å². The fourth-order valence-electron chi connectivity index (χ4n) is 4.01. The highest BCUT2D eigenvalue weighted by Crippen LogP contribution is 2.40. The van der Waals surface area contributed by atoms with Gasteiger partial charge in [0.25, 0.3) is 5.91 Å². The smallest absolute Gasteiger partial charge is 0.263 e. The fraction of sp³-hybridized carbons (Fsp3) is 0.409. The Morgan fingerprint density at radius 1 is 1.17 bits per heavy atom. The molecule has 0 fully saturated rings. The Morgan fingerprint density at radius 3 is 2.63 bits per heavy atom. The van der Waals surface area contributed by atoms with E-state index in [0.717, 1.165) is 23.1 Å². The van der Waals surface area contributed by atoms with E-state index in [-0.39, 0.29) is 18.5 Å². The van der Waals surface area contributed by atoms with E-state index < -0.39 is 21.7 Å². The van der Waals surface area contributed by atoms with Crippen LogP contribution in [0.3, 0.4) is 0 Å². The van der Waals surface area contributed by atoms with Crippen molar-refractivity contribution >= 4 is 21.6 Å². The number of hydrogen-bond donors (Lipinski definition) is 1. The Kier molecular flexibility index (Phi) is 4.92. The molecule has 0 bridgehead atoms. The van der Waals surface area contributed by atoms with Crippen LogP contribution >= 0.6 is 0 Å². The number of carbonyl (C=O) groups is 1. The predicted molar refractivity (Wildman–Crippen MR) is 114 cm³/mol. The zero-order valence-electron chi connectivity index (χ0n) is 17.5. The summed E-state index contributed by atoms with van der Waals surface area (Å²) < 4.78 is 38.0. The minimum Gasteiger partial charge on any atom is -0.487 e. The molecule has 30 heavy (non-hydrogen) atoms. The maximum Gasteiger partial charge on any atom is 0.263 e. The third-order valence-corrected chi connectivity index (χ3v) is 6.52. The summed E-state index contributed by atoms with van der Waals surface area (Å²) in [5, 5.41) is 3.05. The van der Waals surface area contributed by atoms with Gasteiger partial charge in [0.15, 0.2) is 6.10 Å². The molecule has 2 aliphatic heterocycles. The SMILES string of the molecule is Cc1ccc2c(c1)N(S(C)(=O)=O)C[C@@H](C(=O)N[C@H]1CC(C)(C)Oc3ccccc31)O2. The lowest BCUT2D eigenvalue weighted by atomic mass is 9.89. The lowest BCUT2D eigenvalue weighted by molar-refractivity contribution is -0.129. The third-order valence-electron chi connectivity index (χ3n) is 5.37. The van der Waals surface area contributed by atoms with Crippen molar-refractivity contribution < 1.29 is 22.7 Å². The van der Waals surface area contributed by atoms with Crippen molar-refractivity contribution in [1.29, 1.82) is 0 Å². The maximum atomic E-state index is 13.1. The molecule has 7 nitrogen and oxygen atoms in total. The van der Waals surface area contributed by atoms with Gasteiger partial charge in [-0.3, -0.25) is 9.10 Å². The second-order valence-electron chi connectivity index (χ2n) is 8.54. The first-order valence-corrected chi connectivity index (χ1v) is 11.7. The largest absolute Gasteiger partial charge is 0.487 e. The van der Waals surface area contributed by atoms with Gasteiger partial charge < -0.3 is 14.8 Å². The molecule has 1 N–H and O–H groups in total. The molecule has 8 heteroatoms. The molecule has 0 spiro atoms. The molecule has 0 aromatic heterocycles. The van der Waals surface area contributed by atoms with Crippen LogP contribution in [0.2, 0.25) is 0 Å². The molecule has 2 aliphatic rings. The molecule has 2 atom stereocenters. The average molecular weight is 431 g/mol. The molecule has 160 valence electrons. The number of para-hydroxylation sites is 1. The van der Waals surface area contributed by atoms with Crippen molar-refractivity contribution in [3.8, 4) is 11.5 Å². The zero-order chi connectivity index (χ0) is 21.7. The van der Waals surface area contributed by atoms with E-state index in [2.05, 4.69) is 5.32 Å². The highest BCUT2D eigenvalue weighted by molar-refractivity contribution is 7.92. The first kappa shape index (κ1) is 20.5. The summed E-state index contributed by atoms with van der Waals surface area (Å²) in [6, 6.07) is 12.6. The molecule has 4 rings (SSSR count). The minimum absolute atomic E-state index is 0.0740. The lowest BCUT2D eigenvalue weighted by Gasteiger charge is -2.39. The first-order valence-electron chi connectivity index (χ1n) is 9.87. The van der Waals surface area contributed by atoms with Gasteiger partial charge in [0.1, 0.15) is 17.1 Å². The molecule has 0 aliphatic carbocycles. The van der Waals surface area contributed by atoms with E-state index in [1.165, 1.54) is 4.31 Å². The number of amides is 1. The van der Waals surface area contributed by atoms with Crippen molar-refractivity contribution in [3.05, 3.63) is 53.6 Å². The Balaban J connectivity index is 1.61. The van der Waals surface area contributed by atoms with Gasteiger partial charge in [-0.15, -0.1) is 0 Å². The number of nitrogens with one attached hydrogen (secondary N) is 1. The van der Waals surface area contributed by atoms with Crippen LogP contribution in [0.1, 0.15) is 37.4 Å². The van der Waals surface area contributed by atoms with Crippen molar-refractivity contribution in [1.82, 2.24) is 5.32 Å². The van der Waals surface area contributed by atoms with Crippen molar-refractivity contribution in [2.45, 2.75) is 44.9 Å². The molecular formula is C22H26N2O5S. The van der Waals surface area contributed by atoms with Gasteiger partial charge >= 0.3 is 0 Å². The Bertz CT molecular complexity index is 1100. The predicted octanol–water partition coefficient (Wildman–Crippen LogP) is 2.94. The summed E-state index contributed by atoms with van der Waals surface area (Å²) >= 11 is 0. The highest BCUT2D eigenvalue weighted by atomic mass is 32.2. The topological polar surface area (TPSA) is 84.9 Å². The van der Waals surface area contributed by atoms with E-state index in [9.17, 15) is 13.2 Å². The van der Waals surface area contributed by atoms with Crippen LogP contribution < -0.4 is 19.1 Å². The third kappa shape index (κ3) is 3.96. The van der Waals surface area contributed by atoms with Crippen molar-refractivity contribution in [2.75, 3.05) is 17.1 Å². The van der Waals surface area contributed by atoms with Gasteiger partial charge in [0, 0.05) is 12.0 Å². The Labute approximate surface area is 177 Å². The normalized spacial score (nSPS) is 22.2. The number of benzene rings is 2. The molecule has 2 aromatic rings. The number of nitrogens with zero attached hydrogens (tertiary/aromatic N) is 1. The molecule has 0 saturated carbocycles. The van der Waals surface area contributed by atoms with E-state index in [1.54, 1.807) is 12.1 Å². The number of hydrogen-bond acceptors (Lipinski definition) is 5. The second kappa shape index (κ2) is 7.19. The van der Waals surface area contributed by atoms with Crippen LogP contribution in [0, 0.1) is 6.92 Å². The van der Waals surface area contributed by atoms with Gasteiger partial charge in [0.05, 0.1) is 24.5 Å². The van der Waals surface area contributed by atoms with Crippen molar-refractivity contribution in [2.24, 2.45) is 0 Å². The van der Waals surface area contributed by atoms with Crippen LogP contribution in [0.5, 0.6) is 11.5 Å². The zero-order valence-corrected chi connectivity index (χ0v) is 18.3. The summed E-state index contributed by atoms with van der Waals surface area (Å²) in [7, 11) is -3.57. The van der Waals surface area contributed by atoms with Crippen LogP contribution in [-0.4, -0.2) is 38.8 Å². The van der Waals surface area contributed by atoms with Crippen molar-refractivity contribution in [3.63, 3.8) is 0 Å². The molecule has 2 aromatic carbocycles. The molecule has 2 heterocycles. The summed E-state index contributed by atoms with van der Waals surface area (Å²) in [4.78, 5) is 13.1. The quantitative estimate of drug-likeness (QED) is 0.809. The number of rotatable bonds is 3. The van der Waals surface area contributed by atoms with Gasteiger partial charge in [-0.25, -0.2) is 8.42 Å². The summed E-state index contributed by atoms with van der Waals surface area (Å²) in [5.41, 5.74) is 1.83. The summed E-state index contributed by atoms with van der Waals surface area (Å²) in [5.74, 6) is 0.764. The monoisotopic (exact) mass is 430 g/mol. The van der Waals surface area contributed by atoms with E-state index >= 15 is 0 Å². The van der Waals surface area contributed by atoms with Gasteiger partial charge in [-0.2, -0.15) is 0 Å². The first-order chi connectivity index (χ1) is 14.0. The Hall–Kier alpha value is -2.74. The van der Waals surface area contributed by atoms with E-state index in [0.29, 0.717) is 17.9 Å². The van der Waals surface area contributed by atoms with Gasteiger partial charge in [-0.05, 0) is 44.5 Å². The number of fused-ring (bicyclic) bond motifs is 2. The van der Waals surface area contributed by atoms with E-state index in [1.807, 2.05) is 51.1 Å². The number of ether oxygens (including phenoxy) is 2. The van der Waals surface area contributed by atoms with Gasteiger partial charge in [0.2, 0.25) is 10.0 Å². The molecular weight excluding hydrogens is 404 g/mol. The fourth-order valence-corrected chi connectivity index (χ4v) is 4.91. The standard InChI is InChI=1S/C22H26N2O5S/c1-14-9-10-19-17(11-14)24(30(4,26)27)13-20(28-19)21(25)23-16-12-22(2,3)29-18-8-6-5-7-15(16)18/h5-11,16,20H,12-13H2,1-4H3,(H,23,25)/t16-,20-/m0/s1. The average Bonchev–Trinajstić information content (AvgIpc) is 2.65. The number of anilines is 1. The summed E-state index contributed by atoms with van der Waals surface area (Å²) in [6.45, 7) is 5.76.